The molecule has 0 heterocycles. The zero-order valence-corrected chi connectivity index (χ0v) is 13.1. The molecule has 21 heavy (non-hydrogen) atoms. The van der Waals surface area contributed by atoms with Gasteiger partial charge in [-0.1, -0.05) is 19.9 Å². The molecule has 1 aromatic carbocycles. The van der Waals surface area contributed by atoms with Crippen molar-refractivity contribution in [1.82, 2.24) is 4.72 Å². The van der Waals surface area contributed by atoms with E-state index in [4.69, 9.17) is 0 Å². The van der Waals surface area contributed by atoms with Crippen molar-refractivity contribution < 1.29 is 18.3 Å². The van der Waals surface area contributed by atoms with Crippen molar-refractivity contribution in [3.05, 3.63) is 29.3 Å². The molecule has 0 saturated heterocycles. The first kappa shape index (κ1) is 16.0. The molecule has 1 unspecified atom stereocenters. The Balaban J connectivity index is 2.18. The molecule has 1 saturated carbocycles. The molecule has 0 spiro atoms. The Kier molecular flexibility index (Phi) is 4.68. The van der Waals surface area contributed by atoms with E-state index in [1.165, 1.54) is 12.1 Å². The van der Waals surface area contributed by atoms with Gasteiger partial charge in [0, 0.05) is 6.54 Å². The third-order valence-corrected chi connectivity index (χ3v) is 5.45. The molecule has 116 valence electrons. The third-order valence-electron chi connectivity index (χ3n) is 4.03. The van der Waals surface area contributed by atoms with Gasteiger partial charge in [-0.2, -0.15) is 0 Å². The lowest BCUT2D eigenvalue weighted by atomic mass is 10.1. The Morgan fingerprint density at radius 3 is 2.62 bits per heavy atom. The molecule has 0 aromatic heterocycles. The molecule has 0 bridgehead atoms. The lowest BCUT2D eigenvalue weighted by molar-refractivity contribution is 0.0695. The number of hydrogen-bond acceptors (Lipinski definition) is 3. The number of benzene rings is 1. The zero-order chi connectivity index (χ0) is 15.6. The first-order valence-electron chi connectivity index (χ1n) is 7.21. The second kappa shape index (κ2) is 6.15. The largest absolute Gasteiger partial charge is 0.478 e. The molecule has 2 rings (SSSR count). The van der Waals surface area contributed by atoms with Gasteiger partial charge in [-0.15, -0.1) is 0 Å². The summed E-state index contributed by atoms with van der Waals surface area (Å²) in [5.74, 6) is -0.173. The van der Waals surface area contributed by atoms with Gasteiger partial charge in [0.25, 0.3) is 0 Å². The van der Waals surface area contributed by atoms with E-state index in [1.54, 1.807) is 6.07 Å². The van der Waals surface area contributed by atoms with Crippen LogP contribution in [0.2, 0.25) is 0 Å². The molecule has 1 aliphatic rings. The van der Waals surface area contributed by atoms with Gasteiger partial charge in [0.1, 0.15) is 0 Å². The minimum Gasteiger partial charge on any atom is -0.478 e. The summed E-state index contributed by atoms with van der Waals surface area (Å²) in [5, 5.41) is 9.17. The average Bonchev–Trinajstić information content (AvgIpc) is 3.28. The molecular formula is C15H21NO4S. The van der Waals surface area contributed by atoms with E-state index in [0.29, 0.717) is 30.4 Å². The van der Waals surface area contributed by atoms with Gasteiger partial charge in [-0.3, -0.25) is 0 Å². The number of carbonyl (C=O) groups is 1. The fourth-order valence-electron chi connectivity index (χ4n) is 2.39. The van der Waals surface area contributed by atoms with Crippen LogP contribution in [0, 0.1) is 11.8 Å². The Bertz CT molecular complexity index is 635. The summed E-state index contributed by atoms with van der Waals surface area (Å²) in [6.45, 7) is 4.26. The van der Waals surface area contributed by atoms with Crippen LogP contribution in [0.3, 0.4) is 0 Å². The van der Waals surface area contributed by atoms with Gasteiger partial charge in [0.2, 0.25) is 10.0 Å². The number of aryl methyl sites for hydroxylation is 1. The lowest BCUT2D eigenvalue weighted by Gasteiger charge is -2.13. The van der Waals surface area contributed by atoms with E-state index in [2.05, 4.69) is 4.72 Å². The van der Waals surface area contributed by atoms with Crippen LogP contribution in [-0.2, 0) is 16.4 Å². The van der Waals surface area contributed by atoms with E-state index in [0.717, 1.165) is 12.8 Å². The zero-order valence-electron chi connectivity index (χ0n) is 12.3. The monoisotopic (exact) mass is 311 g/mol. The van der Waals surface area contributed by atoms with Gasteiger partial charge in [-0.25, -0.2) is 17.9 Å². The van der Waals surface area contributed by atoms with Crippen LogP contribution in [0.15, 0.2) is 23.1 Å². The van der Waals surface area contributed by atoms with Crippen LogP contribution in [0.25, 0.3) is 0 Å². The SMILES string of the molecule is CCc1ccc(S(=O)(=O)NCC(C)C2CC2)cc1C(=O)O. The number of aromatic carboxylic acids is 1. The number of hydrogen-bond donors (Lipinski definition) is 2. The third kappa shape index (κ3) is 3.83. The summed E-state index contributed by atoms with van der Waals surface area (Å²) < 4.78 is 27.1. The Morgan fingerprint density at radius 2 is 2.10 bits per heavy atom. The van der Waals surface area contributed by atoms with Crippen LogP contribution in [0.5, 0.6) is 0 Å². The van der Waals surface area contributed by atoms with E-state index in [1.807, 2.05) is 13.8 Å². The van der Waals surface area contributed by atoms with Crippen LogP contribution in [0.1, 0.15) is 42.6 Å². The van der Waals surface area contributed by atoms with Crippen molar-refractivity contribution in [2.45, 2.75) is 38.0 Å². The maximum atomic E-state index is 12.3. The Hall–Kier alpha value is -1.40. The molecule has 2 N–H and O–H groups in total. The van der Waals surface area contributed by atoms with Gasteiger partial charge in [0.05, 0.1) is 10.5 Å². The Morgan fingerprint density at radius 1 is 1.43 bits per heavy atom. The maximum Gasteiger partial charge on any atom is 0.336 e. The van der Waals surface area contributed by atoms with Gasteiger partial charge >= 0.3 is 5.97 Å². The highest BCUT2D eigenvalue weighted by Gasteiger charge is 2.29. The van der Waals surface area contributed by atoms with Crippen molar-refractivity contribution >= 4 is 16.0 Å². The van der Waals surface area contributed by atoms with Crippen molar-refractivity contribution in [3.63, 3.8) is 0 Å². The molecular weight excluding hydrogens is 290 g/mol. The summed E-state index contributed by atoms with van der Waals surface area (Å²) in [4.78, 5) is 11.2. The van der Waals surface area contributed by atoms with E-state index in [9.17, 15) is 18.3 Å². The van der Waals surface area contributed by atoms with Crippen molar-refractivity contribution in [2.24, 2.45) is 11.8 Å². The lowest BCUT2D eigenvalue weighted by Crippen LogP contribution is -2.29. The number of rotatable bonds is 7. The summed E-state index contributed by atoms with van der Waals surface area (Å²) in [5.41, 5.74) is 0.684. The molecule has 5 nitrogen and oxygen atoms in total. The molecule has 1 aromatic rings. The van der Waals surface area contributed by atoms with E-state index >= 15 is 0 Å². The molecule has 1 fully saturated rings. The molecule has 0 amide bonds. The molecule has 1 atom stereocenters. The van der Waals surface area contributed by atoms with Crippen LogP contribution < -0.4 is 4.72 Å². The molecule has 1 aliphatic carbocycles. The fourth-order valence-corrected chi connectivity index (χ4v) is 3.56. The predicted octanol–water partition coefficient (Wildman–Crippen LogP) is 2.27. The summed E-state index contributed by atoms with van der Waals surface area (Å²) in [6, 6.07) is 4.28. The molecule has 0 radical (unpaired) electrons. The topological polar surface area (TPSA) is 83.5 Å². The second-order valence-electron chi connectivity index (χ2n) is 5.64. The van der Waals surface area contributed by atoms with Crippen molar-refractivity contribution in [3.8, 4) is 0 Å². The van der Waals surface area contributed by atoms with Crippen LogP contribution in [0.4, 0.5) is 0 Å². The normalized spacial score (nSPS) is 16.7. The van der Waals surface area contributed by atoms with Gasteiger partial charge in [-0.05, 0) is 48.8 Å². The van der Waals surface area contributed by atoms with E-state index in [-0.39, 0.29) is 10.5 Å². The summed E-state index contributed by atoms with van der Waals surface area (Å²) >= 11 is 0. The van der Waals surface area contributed by atoms with Crippen LogP contribution >= 0.6 is 0 Å². The highest BCUT2D eigenvalue weighted by atomic mass is 32.2. The summed E-state index contributed by atoms with van der Waals surface area (Å²) in [6.07, 6.45) is 2.88. The first-order valence-corrected chi connectivity index (χ1v) is 8.69. The fraction of sp³-hybridized carbons (Fsp3) is 0.533. The van der Waals surface area contributed by atoms with Gasteiger partial charge in [0.15, 0.2) is 0 Å². The number of carboxylic acid groups (broad SMARTS) is 1. The van der Waals surface area contributed by atoms with Gasteiger partial charge < -0.3 is 5.11 Å². The quantitative estimate of drug-likeness (QED) is 0.809. The minimum atomic E-state index is -3.66. The highest BCUT2D eigenvalue weighted by molar-refractivity contribution is 7.89. The molecule has 0 aliphatic heterocycles. The van der Waals surface area contributed by atoms with Crippen LogP contribution in [-0.4, -0.2) is 26.0 Å². The summed E-state index contributed by atoms with van der Waals surface area (Å²) in [7, 11) is -3.66. The Labute approximate surface area is 125 Å². The smallest absolute Gasteiger partial charge is 0.336 e. The average molecular weight is 311 g/mol. The predicted molar refractivity (Wildman–Crippen MR) is 79.9 cm³/mol. The molecule has 6 heteroatoms. The number of carboxylic acids is 1. The standard InChI is InChI=1S/C15H21NO4S/c1-3-11-6-7-13(8-14(11)15(17)18)21(19,20)16-9-10(2)12-4-5-12/h6-8,10,12,16H,3-5,9H2,1-2H3,(H,17,18). The second-order valence-corrected chi connectivity index (χ2v) is 7.41. The maximum absolute atomic E-state index is 12.3. The van der Waals surface area contributed by atoms with Crippen molar-refractivity contribution in [2.75, 3.05) is 6.54 Å². The highest BCUT2D eigenvalue weighted by Crippen LogP contribution is 2.36. The first-order chi connectivity index (χ1) is 9.85. The number of nitrogens with one attached hydrogen (secondary N) is 1. The minimum absolute atomic E-state index is 0.0140. The number of sulfonamides is 1. The van der Waals surface area contributed by atoms with Crippen molar-refractivity contribution in [1.29, 1.82) is 0 Å². The van der Waals surface area contributed by atoms with E-state index < -0.39 is 16.0 Å².